The predicted octanol–water partition coefficient (Wildman–Crippen LogP) is 3.76. The number of carboxylic acid groups (broad SMARTS) is 1. The summed E-state index contributed by atoms with van der Waals surface area (Å²) in [5.74, 6) is 0.775. The zero-order chi connectivity index (χ0) is 13.8. The Kier molecular flexibility index (Phi) is 4.46. The topological polar surface area (TPSA) is 46.5 Å². The molecule has 2 rings (SSSR count). The molecule has 0 bridgehead atoms. The number of hydrogen-bond acceptors (Lipinski definition) is 2. The second-order valence-corrected chi connectivity index (χ2v) is 5.16. The summed E-state index contributed by atoms with van der Waals surface area (Å²) in [5, 5.41) is 8.71. The fraction of sp³-hybridized carbons (Fsp3) is 0.562. The summed E-state index contributed by atoms with van der Waals surface area (Å²) in [5.41, 5.74) is 2.47. The van der Waals surface area contributed by atoms with Crippen LogP contribution in [0.5, 0.6) is 5.75 Å². The van der Waals surface area contributed by atoms with E-state index in [9.17, 15) is 4.79 Å². The third-order valence-electron chi connectivity index (χ3n) is 3.92. The Morgan fingerprint density at radius 3 is 2.74 bits per heavy atom. The molecule has 0 amide bonds. The number of aryl methyl sites for hydroxylation is 1. The number of rotatable bonds is 6. The van der Waals surface area contributed by atoms with Crippen molar-refractivity contribution in [1.29, 1.82) is 0 Å². The van der Waals surface area contributed by atoms with Gasteiger partial charge in [0.25, 0.3) is 0 Å². The molecule has 104 valence electrons. The van der Waals surface area contributed by atoms with E-state index in [1.54, 1.807) is 0 Å². The molecule has 1 N–H and O–H groups in total. The smallest absolute Gasteiger partial charge is 0.303 e. The molecule has 1 aromatic carbocycles. The number of carbonyl (C=O) groups is 1. The Hall–Kier alpha value is -1.51. The third kappa shape index (κ3) is 2.91. The molecule has 2 atom stereocenters. The van der Waals surface area contributed by atoms with Gasteiger partial charge in [0.1, 0.15) is 11.9 Å². The minimum Gasteiger partial charge on any atom is -0.489 e. The van der Waals surface area contributed by atoms with Crippen LogP contribution in [0.1, 0.15) is 56.6 Å². The van der Waals surface area contributed by atoms with Gasteiger partial charge in [-0.1, -0.05) is 32.0 Å². The maximum Gasteiger partial charge on any atom is 0.303 e. The first-order valence-corrected chi connectivity index (χ1v) is 7.17. The lowest BCUT2D eigenvalue weighted by atomic mass is 9.90. The number of aliphatic carboxylic acids is 1. The van der Waals surface area contributed by atoms with Crippen LogP contribution in [0.3, 0.4) is 0 Å². The van der Waals surface area contributed by atoms with Crippen molar-refractivity contribution in [2.24, 2.45) is 0 Å². The van der Waals surface area contributed by atoms with E-state index in [1.165, 1.54) is 5.56 Å². The van der Waals surface area contributed by atoms with Crippen LogP contribution < -0.4 is 4.74 Å². The highest BCUT2D eigenvalue weighted by atomic mass is 16.5. The summed E-state index contributed by atoms with van der Waals surface area (Å²) in [4.78, 5) is 10.6. The van der Waals surface area contributed by atoms with E-state index in [0.29, 0.717) is 12.3 Å². The van der Waals surface area contributed by atoms with Crippen molar-refractivity contribution in [3.63, 3.8) is 0 Å². The molecule has 0 saturated carbocycles. The molecule has 1 aliphatic rings. The van der Waals surface area contributed by atoms with Crippen molar-refractivity contribution in [1.82, 2.24) is 0 Å². The molecule has 0 saturated heterocycles. The molecule has 0 fully saturated rings. The summed E-state index contributed by atoms with van der Waals surface area (Å²) in [6.07, 6.45) is 4.05. The molecule has 0 aromatic heterocycles. The lowest BCUT2D eigenvalue weighted by molar-refractivity contribution is -0.137. The normalized spacial score (nSPS) is 20.9. The van der Waals surface area contributed by atoms with Crippen LogP contribution in [0.15, 0.2) is 18.2 Å². The van der Waals surface area contributed by atoms with Crippen molar-refractivity contribution in [3.8, 4) is 5.75 Å². The molecule has 1 heterocycles. The van der Waals surface area contributed by atoms with Crippen LogP contribution >= 0.6 is 0 Å². The second-order valence-electron chi connectivity index (χ2n) is 5.16. The summed E-state index contributed by atoms with van der Waals surface area (Å²) >= 11 is 0. The minimum absolute atomic E-state index is 0.220. The summed E-state index contributed by atoms with van der Waals surface area (Å²) in [6.45, 7) is 4.35. The quantitative estimate of drug-likeness (QED) is 0.849. The highest BCUT2D eigenvalue weighted by Gasteiger charge is 2.32. The number of carboxylic acids is 1. The Bertz CT molecular complexity index is 453. The van der Waals surface area contributed by atoms with Crippen LogP contribution in [0.2, 0.25) is 0 Å². The Labute approximate surface area is 114 Å². The van der Waals surface area contributed by atoms with Crippen LogP contribution in [-0.4, -0.2) is 17.2 Å². The number of benzene rings is 1. The fourth-order valence-corrected chi connectivity index (χ4v) is 2.95. The van der Waals surface area contributed by atoms with Gasteiger partial charge in [0.2, 0.25) is 0 Å². The number of ether oxygens (including phenoxy) is 1. The molecule has 19 heavy (non-hydrogen) atoms. The van der Waals surface area contributed by atoms with Gasteiger partial charge >= 0.3 is 5.97 Å². The van der Waals surface area contributed by atoms with Crippen LogP contribution in [0.4, 0.5) is 0 Å². The van der Waals surface area contributed by atoms with Crippen molar-refractivity contribution < 1.29 is 14.6 Å². The van der Waals surface area contributed by atoms with Gasteiger partial charge in [-0.25, -0.2) is 0 Å². The molecule has 1 aromatic rings. The number of para-hydroxylation sites is 1. The number of hydrogen-bond donors (Lipinski definition) is 1. The largest absolute Gasteiger partial charge is 0.489 e. The highest BCUT2D eigenvalue weighted by Crippen LogP contribution is 2.43. The first-order valence-electron chi connectivity index (χ1n) is 7.17. The van der Waals surface area contributed by atoms with Crippen LogP contribution in [0.25, 0.3) is 0 Å². The fourth-order valence-electron chi connectivity index (χ4n) is 2.95. The first-order chi connectivity index (χ1) is 9.17. The zero-order valence-corrected chi connectivity index (χ0v) is 11.7. The maximum atomic E-state index is 10.6. The standard InChI is InChI=1S/C16H22O3/c1-3-12-13-9-5-7-11(8-6-10-15(17)18)16(13)19-14(12)4-2/h5,7,9,12,14H,3-4,6,8,10H2,1-2H3,(H,17,18). The van der Waals surface area contributed by atoms with Gasteiger partial charge in [-0.3, -0.25) is 4.79 Å². The van der Waals surface area contributed by atoms with Crippen LogP contribution in [0, 0.1) is 0 Å². The average molecular weight is 262 g/mol. The maximum absolute atomic E-state index is 10.6. The van der Waals surface area contributed by atoms with Gasteiger partial charge in [-0.2, -0.15) is 0 Å². The molecule has 0 spiro atoms. The SMILES string of the molecule is CCC1Oc2c(CCCC(=O)O)cccc2C1CC. The van der Waals surface area contributed by atoms with Gasteiger partial charge in [-0.15, -0.1) is 0 Å². The molecule has 3 heteroatoms. The summed E-state index contributed by atoms with van der Waals surface area (Å²) in [6, 6.07) is 6.28. The van der Waals surface area contributed by atoms with Gasteiger partial charge in [0.15, 0.2) is 0 Å². The highest BCUT2D eigenvalue weighted by molar-refractivity contribution is 5.66. The Morgan fingerprint density at radius 2 is 2.11 bits per heavy atom. The van der Waals surface area contributed by atoms with E-state index in [1.807, 2.05) is 0 Å². The molecule has 1 aliphatic heterocycles. The van der Waals surface area contributed by atoms with Crippen molar-refractivity contribution >= 4 is 5.97 Å². The van der Waals surface area contributed by atoms with Crippen LogP contribution in [-0.2, 0) is 11.2 Å². The average Bonchev–Trinajstić information content (AvgIpc) is 2.76. The molecular weight excluding hydrogens is 240 g/mol. The second kappa shape index (κ2) is 6.09. The van der Waals surface area contributed by atoms with Gasteiger partial charge in [0, 0.05) is 17.9 Å². The minimum atomic E-state index is -0.730. The molecule has 0 aliphatic carbocycles. The van der Waals surface area contributed by atoms with Crippen molar-refractivity contribution in [2.45, 2.75) is 58.0 Å². The van der Waals surface area contributed by atoms with Crippen molar-refractivity contribution in [3.05, 3.63) is 29.3 Å². The molecule has 2 unspecified atom stereocenters. The predicted molar refractivity (Wildman–Crippen MR) is 74.8 cm³/mol. The van der Waals surface area contributed by atoms with E-state index in [0.717, 1.165) is 30.6 Å². The lowest BCUT2D eigenvalue weighted by Gasteiger charge is -2.15. The van der Waals surface area contributed by atoms with E-state index < -0.39 is 5.97 Å². The molecule has 0 radical (unpaired) electrons. The van der Waals surface area contributed by atoms with E-state index in [2.05, 4.69) is 32.0 Å². The lowest BCUT2D eigenvalue weighted by Crippen LogP contribution is -2.16. The van der Waals surface area contributed by atoms with Crippen molar-refractivity contribution in [2.75, 3.05) is 0 Å². The Balaban J connectivity index is 2.16. The van der Waals surface area contributed by atoms with E-state index >= 15 is 0 Å². The Morgan fingerprint density at radius 1 is 1.32 bits per heavy atom. The van der Waals surface area contributed by atoms with Gasteiger partial charge < -0.3 is 9.84 Å². The zero-order valence-electron chi connectivity index (χ0n) is 11.7. The van der Waals surface area contributed by atoms with Gasteiger partial charge in [0.05, 0.1) is 0 Å². The summed E-state index contributed by atoms with van der Waals surface area (Å²) < 4.78 is 6.10. The molecule has 3 nitrogen and oxygen atoms in total. The van der Waals surface area contributed by atoms with E-state index in [4.69, 9.17) is 9.84 Å². The monoisotopic (exact) mass is 262 g/mol. The number of fused-ring (bicyclic) bond motifs is 1. The third-order valence-corrected chi connectivity index (χ3v) is 3.92. The molecular formula is C16H22O3. The van der Waals surface area contributed by atoms with Gasteiger partial charge in [-0.05, 0) is 31.2 Å². The first kappa shape index (κ1) is 13.9. The van der Waals surface area contributed by atoms with E-state index in [-0.39, 0.29) is 12.5 Å². The summed E-state index contributed by atoms with van der Waals surface area (Å²) in [7, 11) is 0.